The Hall–Kier alpha value is -3.35. The van der Waals surface area contributed by atoms with Crippen molar-refractivity contribution in [1.82, 2.24) is 15.1 Å². The van der Waals surface area contributed by atoms with Gasteiger partial charge in [0.2, 0.25) is 0 Å². The predicted molar refractivity (Wildman–Crippen MR) is 106 cm³/mol. The van der Waals surface area contributed by atoms with E-state index in [2.05, 4.69) is 10.4 Å². The molecule has 0 bridgehead atoms. The van der Waals surface area contributed by atoms with Crippen LogP contribution in [0.2, 0.25) is 0 Å². The number of halogens is 1. The monoisotopic (exact) mass is 395 g/mol. The van der Waals surface area contributed by atoms with Crippen molar-refractivity contribution in [2.75, 3.05) is 14.2 Å². The second kappa shape index (κ2) is 7.95. The fourth-order valence-corrected chi connectivity index (χ4v) is 3.67. The van der Waals surface area contributed by atoms with Gasteiger partial charge >= 0.3 is 0 Å². The molecule has 3 aromatic rings. The minimum Gasteiger partial charge on any atom is -0.493 e. The number of nitrogens with zero attached hydrogens (tertiary/aromatic N) is 2. The molecule has 0 saturated heterocycles. The first-order chi connectivity index (χ1) is 14.1. The quantitative estimate of drug-likeness (QED) is 0.694. The van der Waals surface area contributed by atoms with Gasteiger partial charge < -0.3 is 14.8 Å². The molecule has 0 spiro atoms. The summed E-state index contributed by atoms with van der Waals surface area (Å²) in [6.45, 7) is 0.345. The second-order valence-corrected chi connectivity index (χ2v) is 6.89. The normalized spacial score (nSPS) is 12.5. The van der Waals surface area contributed by atoms with Crippen LogP contribution in [0.4, 0.5) is 4.39 Å². The molecule has 2 aromatic carbocycles. The van der Waals surface area contributed by atoms with E-state index >= 15 is 0 Å². The molecule has 29 heavy (non-hydrogen) atoms. The van der Waals surface area contributed by atoms with Crippen molar-refractivity contribution in [3.63, 3.8) is 0 Å². The number of benzene rings is 2. The third-order valence-corrected chi connectivity index (χ3v) is 5.12. The van der Waals surface area contributed by atoms with Gasteiger partial charge in [0.1, 0.15) is 5.82 Å². The van der Waals surface area contributed by atoms with Crippen LogP contribution in [0.3, 0.4) is 0 Å². The van der Waals surface area contributed by atoms with E-state index in [-0.39, 0.29) is 11.7 Å². The summed E-state index contributed by atoms with van der Waals surface area (Å²) in [6, 6.07) is 11.7. The Morgan fingerprint density at radius 1 is 1.10 bits per heavy atom. The highest BCUT2D eigenvalue weighted by Crippen LogP contribution is 2.29. The van der Waals surface area contributed by atoms with Crippen LogP contribution in [-0.2, 0) is 19.4 Å². The maximum Gasteiger partial charge on any atom is 0.272 e. The average molecular weight is 395 g/mol. The first-order valence-corrected chi connectivity index (χ1v) is 9.46. The summed E-state index contributed by atoms with van der Waals surface area (Å²) in [5.74, 6) is 0.725. The van der Waals surface area contributed by atoms with Crippen LogP contribution in [0.1, 0.15) is 33.7 Å². The molecule has 7 heteroatoms. The van der Waals surface area contributed by atoms with Crippen molar-refractivity contribution in [3.05, 3.63) is 70.8 Å². The van der Waals surface area contributed by atoms with Gasteiger partial charge in [0.25, 0.3) is 5.91 Å². The highest BCUT2D eigenvalue weighted by molar-refractivity contribution is 5.94. The van der Waals surface area contributed by atoms with Crippen molar-refractivity contribution in [1.29, 1.82) is 0 Å². The number of ether oxygens (including phenoxy) is 2. The Labute approximate surface area is 168 Å². The molecule has 0 unspecified atom stereocenters. The van der Waals surface area contributed by atoms with E-state index in [1.807, 2.05) is 12.1 Å². The number of aromatic nitrogens is 2. The van der Waals surface area contributed by atoms with Crippen LogP contribution in [0.25, 0.3) is 5.69 Å². The Morgan fingerprint density at radius 3 is 2.59 bits per heavy atom. The van der Waals surface area contributed by atoms with Crippen molar-refractivity contribution >= 4 is 5.91 Å². The molecule has 0 fully saturated rings. The van der Waals surface area contributed by atoms with Gasteiger partial charge in [-0.15, -0.1) is 0 Å². The predicted octanol–water partition coefficient (Wildman–Crippen LogP) is 3.45. The van der Waals surface area contributed by atoms with E-state index in [4.69, 9.17) is 9.47 Å². The highest BCUT2D eigenvalue weighted by Gasteiger charge is 2.26. The van der Waals surface area contributed by atoms with Gasteiger partial charge in [-0.2, -0.15) is 5.10 Å². The molecule has 0 radical (unpaired) electrons. The van der Waals surface area contributed by atoms with Crippen LogP contribution in [0, 0.1) is 5.82 Å². The lowest BCUT2D eigenvalue weighted by Gasteiger charge is -2.10. The Bertz CT molecular complexity index is 1040. The molecule has 6 nitrogen and oxygen atoms in total. The van der Waals surface area contributed by atoms with Gasteiger partial charge in [0.05, 0.1) is 19.9 Å². The average Bonchev–Trinajstić information content (AvgIpc) is 3.35. The first kappa shape index (κ1) is 19.0. The minimum atomic E-state index is -0.301. The number of hydrogen-bond acceptors (Lipinski definition) is 4. The maximum absolute atomic E-state index is 13.3. The van der Waals surface area contributed by atoms with Gasteiger partial charge in [0.15, 0.2) is 17.2 Å². The summed E-state index contributed by atoms with van der Waals surface area (Å²) >= 11 is 0. The van der Waals surface area contributed by atoms with Crippen LogP contribution in [0.15, 0.2) is 42.5 Å². The number of nitrogens with one attached hydrogen (secondary N) is 1. The molecule has 0 aliphatic heterocycles. The van der Waals surface area contributed by atoms with Crippen molar-refractivity contribution in [2.24, 2.45) is 0 Å². The van der Waals surface area contributed by atoms with Gasteiger partial charge in [-0.1, -0.05) is 6.07 Å². The molecular formula is C22H22FN3O3. The van der Waals surface area contributed by atoms with Gasteiger partial charge in [-0.25, -0.2) is 9.07 Å². The maximum atomic E-state index is 13.3. The summed E-state index contributed by atoms with van der Waals surface area (Å²) < 4.78 is 25.6. The zero-order valence-corrected chi connectivity index (χ0v) is 16.4. The fourth-order valence-electron chi connectivity index (χ4n) is 3.67. The van der Waals surface area contributed by atoms with Gasteiger partial charge in [-0.3, -0.25) is 4.79 Å². The van der Waals surface area contributed by atoms with E-state index in [9.17, 15) is 9.18 Å². The van der Waals surface area contributed by atoms with Crippen LogP contribution in [-0.4, -0.2) is 29.9 Å². The van der Waals surface area contributed by atoms with E-state index in [1.165, 1.54) is 12.1 Å². The lowest BCUT2D eigenvalue weighted by molar-refractivity contribution is 0.0944. The van der Waals surface area contributed by atoms with E-state index in [0.717, 1.165) is 41.8 Å². The zero-order valence-electron chi connectivity index (χ0n) is 16.4. The van der Waals surface area contributed by atoms with E-state index in [0.29, 0.717) is 23.7 Å². The molecule has 1 aliphatic rings. The summed E-state index contributed by atoms with van der Waals surface area (Å²) in [5, 5.41) is 7.48. The summed E-state index contributed by atoms with van der Waals surface area (Å²) in [7, 11) is 3.16. The number of rotatable bonds is 6. The third-order valence-electron chi connectivity index (χ3n) is 5.12. The number of methoxy groups -OCH3 is 2. The molecule has 4 rings (SSSR count). The van der Waals surface area contributed by atoms with Crippen LogP contribution < -0.4 is 14.8 Å². The summed E-state index contributed by atoms with van der Waals surface area (Å²) in [4.78, 5) is 12.9. The molecule has 1 aromatic heterocycles. The number of fused-ring (bicyclic) bond motifs is 1. The van der Waals surface area contributed by atoms with Crippen molar-refractivity contribution < 1.29 is 18.7 Å². The Kier molecular flexibility index (Phi) is 5.20. The molecule has 0 saturated carbocycles. The molecular weight excluding hydrogens is 373 g/mol. The van der Waals surface area contributed by atoms with Crippen molar-refractivity contribution in [3.8, 4) is 17.2 Å². The summed E-state index contributed by atoms with van der Waals surface area (Å²) in [6.07, 6.45) is 2.64. The third kappa shape index (κ3) is 3.68. The molecule has 1 N–H and O–H groups in total. The van der Waals surface area contributed by atoms with Crippen LogP contribution in [0.5, 0.6) is 11.5 Å². The lowest BCUT2D eigenvalue weighted by Crippen LogP contribution is -2.24. The Balaban J connectivity index is 1.55. The lowest BCUT2D eigenvalue weighted by atomic mass is 10.1. The second-order valence-electron chi connectivity index (χ2n) is 6.89. The SMILES string of the molecule is COc1ccc(CNC(=O)c2nn(-c3ccc(F)cc3)c3c2CCC3)cc1OC. The summed E-state index contributed by atoms with van der Waals surface area (Å²) in [5.41, 5.74) is 4.07. The molecule has 1 amide bonds. The number of amides is 1. The smallest absolute Gasteiger partial charge is 0.272 e. The highest BCUT2D eigenvalue weighted by atomic mass is 19.1. The zero-order chi connectivity index (χ0) is 20.4. The fraction of sp³-hybridized carbons (Fsp3) is 0.273. The van der Waals surface area contributed by atoms with Gasteiger partial charge in [0, 0.05) is 17.8 Å². The standard InChI is InChI=1S/C22H22FN3O3/c1-28-19-11-6-14(12-20(19)29-2)13-24-22(27)21-17-4-3-5-18(17)26(25-21)16-9-7-15(23)8-10-16/h6-12H,3-5,13H2,1-2H3,(H,24,27). The number of carbonyl (C=O) groups is 1. The molecule has 1 aliphatic carbocycles. The molecule has 1 heterocycles. The molecule has 150 valence electrons. The van der Waals surface area contributed by atoms with Crippen molar-refractivity contribution in [2.45, 2.75) is 25.8 Å². The molecule has 0 atom stereocenters. The minimum absolute atomic E-state index is 0.223. The largest absolute Gasteiger partial charge is 0.493 e. The van der Waals surface area contributed by atoms with E-state index < -0.39 is 0 Å². The van der Waals surface area contributed by atoms with Crippen LogP contribution >= 0.6 is 0 Å². The van der Waals surface area contributed by atoms with E-state index in [1.54, 1.807) is 37.1 Å². The Morgan fingerprint density at radius 2 is 1.86 bits per heavy atom. The topological polar surface area (TPSA) is 65.4 Å². The number of carbonyl (C=O) groups excluding carboxylic acids is 1. The first-order valence-electron chi connectivity index (χ1n) is 9.46. The van der Waals surface area contributed by atoms with Gasteiger partial charge in [-0.05, 0) is 61.2 Å². The number of hydrogen-bond donors (Lipinski definition) is 1.